The van der Waals surface area contributed by atoms with E-state index in [1.807, 2.05) is 35.2 Å². The van der Waals surface area contributed by atoms with Gasteiger partial charge in [0.05, 0.1) is 25.0 Å². The number of nitrogens with zero attached hydrogens (tertiary/aromatic N) is 1. The molecule has 2 aromatic carbocycles. The zero-order valence-corrected chi connectivity index (χ0v) is 15.5. The van der Waals surface area contributed by atoms with Gasteiger partial charge in [0, 0.05) is 23.1 Å². The lowest BCUT2D eigenvalue weighted by molar-refractivity contribution is 0.0691. The minimum atomic E-state index is -0.214. The van der Waals surface area contributed by atoms with E-state index in [-0.39, 0.29) is 11.9 Å². The van der Waals surface area contributed by atoms with Gasteiger partial charge < -0.3 is 19.0 Å². The molecule has 2 aromatic heterocycles. The Kier molecular flexibility index (Phi) is 3.93. The number of nitrogens with one attached hydrogen (secondary N) is 1. The number of fused-ring (bicyclic) bond motifs is 3. The van der Waals surface area contributed by atoms with Gasteiger partial charge in [-0.1, -0.05) is 30.3 Å². The second-order valence-corrected chi connectivity index (χ2v) is 7.00. The molecule has 0 bridgehead atoms. The van der Waals surface area contributed by atoms with Gasteiger partial charge in [0.2, 0.25) is 0 Å². The van der Waals surface area contributed by atoms with Crippen molar-refractivity contribution >= 4 is 16.8 Å². The Morgan fingerprint density at radius 3 is 2.89 bits per heavy atom. The number of aromatic amines is 1. The van der Waals surface area contributed by atoms with Crippen LogP contribution in [0.25, 0.3) is 10.9 Å². The molecule has 1 atom stereocenters. The number of rotatable bonds is 3. The molecule has 5 nitrogen and oxygen atoms in total. The first-order chi connectivity index (χ1) is 13.8. The van der Waals surface area contributed by atoms with Crippen molar-refractivity contribution in [2.24, 2.45) is 0 Å². The number of methoxy groups -OCH3 is 1. The quantitative estimate of drug-likeness (QED) is 0.574. The Morgan fingerprint density at radius 1 is 1.18 bits per heavy atom. The van der Waals surface area contributed by atoms with Crippen LogP contribution in [0.15, 0.2) is 71.5 Å². The summed E-state index contributed by atoms with van der Waals surface area (Å²) in [6.45, 7) is 0.640. The van der Waals surface area contributed by atoms with E-state index in [1.54, 1.807) is 13.2 Å². The van der Waals surface area contributed by atoms with Crippen LogP contribution in [0.2, 0.25) is 0 Å². The SMILES string of the molecule is COc1cccc([C@@H]2c3[nH]c4ccccc4c3CCN2C(=O)c2ccoc2)c1. The lowest BCUT2D eigenvalue weighted by Crippen LogP contribution is -2.40. The summed E-state index contributed by atoms with van der Waals surface area (Å²) in [6.07, 6.45) is 3.85. The molecule has 5 heteroatoms. The van der Waals surface area contributed by atoms with Crippen molar-refractivity contribution in [3.63, 3.8) is 0 Å². The predicted molar refractivity (Wildman–Crippen MR) is 107 cm³/mol. The van der Waals surface area contributed by atoms with E-state index in [0.29, 0.717) is 12.1 Å². The number of H-pyrrole nitrogens is 1. The molecule has 0 unspecified atom stereocenters. The molecule has 5 rings (SSSR count). The molecule has 28 heavy (non-hydrogen) atoms. The van der Waals surface area contributed by atoms with E-state index in [2.05, 4.69) is 23.2 Å². The standard InChI is InChI=1S/C23H20N2O3/c1-27-17-6-4-5-15(13-17)22-21-19(18-7-2-3-8-20(18)24-21)9-11-25(22)23(26)16-10-12-28-14-16/h2-8,10,12-14,22,24H,9,11H2,1H3/t22-/m1/s1. The molecule has 1 aliphatic heterocycles. The van der Waals surface area contributed by atoms with Crippen molar-refractivity contribution < 1.29 is 13.9 Å². The number of para-hydroxylation sites is 1. The van der Waals surface area contributed by atoms with Gasteiger partial charge in [-0.25, -0.2) is 0 Å². The Morgan fingerprint density at radius 2 is 2.07 bits per heavy atom. The largest absolute Gasteiger partial charge is 0.497 e. The van der Waals surface area contributed by atoms with Gasteiger partial charge in [-0.05, 0) is 41.8 Å². The van der Waals surface area contributed by atoms with E-state index in [1.165, 1.54) is 23.5 Å². The monoisotopic (exact) mass is 372 g/mol. The van der Waals surface area contributed by atoms with Gasteiger partial charge in [0.25, 0.3) is 5.91 Å². The molecule has 0 saturated heterocycles. The van der Waals surface area contributed by atoms with Gasteiger partial charge in [0.1, 0.15) is 12.0 Å². The number of carbonyl (C=O) groups is 1. The van der Waals surface area contributed by atoms with Crippen molar-refractivity contribution in [3.05, 3.63) is 89.5 Å². The fourth-order valence-electron chi connectivity index (χ4n) is 4.17. The Hall–Kier alpha value is -3.47. The van der Waals surface area contributed by atoms with Crippen LogP contribution in [-0.4, -0.2) is 29.4 Å². The maximum Gasteiger partial charge on any atom is 0.257 e. The molecule has 1 amide bonds. The lowest BCUT2D eigenvalue weighted by atomic mass is 9.91. The minimum absolute atomic E-state index is 0.0362. The third-order valence-corrected chi connectivity index (χ3v) is 5.47. The molecule has 140 valence electrons. The Labute approximate surface area is 162 Å². The van der Waals surface area contributed by atoms with Crippen molar-refractivity contribution in [1.29, 1.82) is 0 Å². The highest BCUT2D eigenvalue weighted by Gasteiger charge is 2.35. The molecular weight excluding hydrogens is 352 g/mol. The Balaban J connectivity index is 1.69. The van der Waals surface area contributed by atoms with E-state index in [4.69, 9.17) is 9.15 Å². The van der Waals surface area contributed by atoms with Gasteiger partial charge in [-0.3, -0.25) is 4.79 Å². The second-order valence-electron chi connectivity index (χ2n) is 7.00. The van der Waals surface area contributed by atoms with Gasteiger partial charge in [-0.2, -0.15) is 0 Å². The fourth-order valence-corrected chi connectivity index (χ4v) is 4.17. The fraction of sp³-hybridized carbons (Fsp3) is 0.174. The smallest absolute Gasteiger partial charge is 0.257 e. The number of ether oxygens (including phenoxy) is 1. The first-order valence-electron chi connectivity index (χ1n) is 9.33. The highest BCUT2D eigenvalue weighted by molar-refractivity contribution is 5.95. The normalized spacial score (nSPS) is 16.2. The molecule has 0 radical (unpaired) electrons. The third-order valence-electron chi connectivity index (χ3n) is 5.47. The number of carbonyl (C=O) groups excluding carboxylic acids is 1. The molecule has 0 aliphatic carbocycles. The van der Waals surface area contributed by atoms with Crippen LogP contribution in [0.4, 0.5) is 0 Å². The number of amides is 1. The van der Waals surface area contributed by atoms with Crippen LogP contribution in [-0.2, 0) is 6.42 Å². The molecule has 0 saturated carbocycles. The van der Waals surface area contributed by atoms with Crippen LogP contribution in [0.1, 0.15) is 33.2 Å². The van der Waals surface area contributed by atoms with Crippen molar-refractivity contribution in [2.45, 2.75) is 12.5 Å². The van der Waals surface area contributed by atoms with Crippen LogP contribution < -0.4 is 4.74 Å². The first kappa shape index (κ1) is 16.7. The topological polar surface area (TPSA) is 58.5 Å². The summed E-state index contributed by atoms with van der Waals surface area (Å²) < 4.78 is 10.6. The average Bonchev–Trinajstić information content (AvgIpc) is 3.40. The number of hydrogen-bond acceptors (Lipinski definition) is 3. The summed E-state index contributed by atoms with van der Waals surface area (Å²) in [4.78, 5) is 18.7. The summed E-state index contributed by atoms with van der Waals surface area (Å²) in [6, 6.07) is 17.7. The highest BCUT2D eigenvalue weighted by Crippen LogP contribution is 2.39. The first-order valence-corrected chi connectivity index (χ1v) is 9.33. The summed E-state index contributed by atoms with van der Waals surface area (Å²) in [5.74, 6) is 0.738. The second kappa shape index (κ2) is 6.60. The average molecular weight is 372 g/mol. The molecule has 0 spiro atoms. The van der Waals surface area contributed by atoms with Crippen LogP contribution in [0.3, 0.4) is 0 Å². The van der Waals surface area contributed by atoms with E-state index >= 15 is 0 Å². The summed E-state index contributed by atoms with van der Waals surface area (Å²) in [7, 11) is 1.66. The number of benzene rings is 2. The molecular formula is C23H20N2O3. The van der Waals surface area contributed by atoms with Gasteiger partial charge >= 0.3 is 0 Å². The molecule has 1 aliphatic rings. The number of hydrogen-bond donors (Lipinski definition) is 1. The van der Waals surface area contributed by atoms with Gasteiger partial charge in [-0.15, -0.1) is 0 Å². The van der Waals surface area contributed by atoms with E-state index < -0.39 is 0 Å². The van der Waals surface area contributed by atoms with Crippen molar-refractivity contribution in [3.8, 4) is 5.75 Å². The summed E-state index contributed by atoms with van der Waals surface area (Å²) in [5.41, 5.74) is 5.02. The molecule has 4 aromatic rings. The highest BCUT2D eigenvalue weighted by atomic mass is 16.5. The maximum absolute atomic E-state index is 13.2. The third kappa shape index (κ3) is 2.59. The van der Waals surface area contributed by atoms with Crippen LogP contribution in [0, 0.1) is 0 Å². The van der Waals surface area contributed by atoms with Crippen molar-refractivity contribution in [1.82, 2.24) is 9.88 Å². The zero-order valence-electron chi connectivity index (χ0n) is 15.5. The van der Waals surface area contributed by atoms with Crippen molar-refractivity contribution in [2.75, 3.05) is 13.7 Å². The molecule has 3 heterocycles. The Bertz CT molecular complexity index is 1140. The van der Waals surface area contributed by atoms with Gasteiger partial charge in [0.15, 0.2) is 0 Å². The van der Waals surface area contributed by atoms with E-state index in [9.17, 15) is 4.79 Å². The lowest BCUT2D eigenvalue weighted by Gasteiger charge is -2.36. The number of aromatic nitrogens is 1. The molecule has 0 fully saturated rings. The minimum Gasteiger partial charge on any atom is -0.497 e. The number of furan rings is 1. The van der Waals surface area contributed by atoms with E-state index in [0.717, 1.165) is 28.9 Å². The summed E-state index contributed by atoms with van der Waals surface area (Å²) in [5, 5.41) is 1.22. The predicted octanol–water partition coefficient (Wildman–Crippen LogP) is 4.56. The molecule has 1 N–H and O–H groups in total. The summed E-state index contributed by atoms with van der Waals surface area (Å²) >= 11 is 0. The van der Waals surface area contributed by atoms with Crippen LogP contribution >= 0.6 is 0 Å². The maximum atomic E-state index is 13.2. The van der Waals surface area contributed by atoms with Crippen LogP contribution in [0.5, 0.6) is 5.75 Å². The zero-order chi connectivity index (χ0) is 19.1.